The Hall–Kier alpha value is -4.28. The van der Waals surface area contributed by atoms with Gasteiger partial charge in [-0.15, -0.1) is 0 Å². The molecule has 1 unspecified atom stereocenters. The van der Waals surface area contributed by atoms with Gasteiger partial charge in [0.1, 0.15) is 13.2 Å². The van der Waals surface area contributed by atoms with Gasteiger partial charge in [0.05, 0.1) is 22.8 Å². The highest BCUT2D eigenvalue weighted by atomic mass is 16.6. The summed E-state index contributed by atoms with van der Waals surface area (Å²) in [6, 6.07) is 23.3. The molecule has 5 N–H and O–H groups in total. The van der Waals surface area contributed by atoms with Crippen molar-refractivity contribution in [2.75, 3.05) is 31.3 Å². The summed E-state index contributed by atoms with van der Waals surface area (Å²) < 4.78 is 13.3. The summed E-state index contributed by atoms with van der Waals surface area (Å²) in [7, 11) is 0. The number of H-pyrrole nitrogens is 1. The molecule has 0 aliphatic carbocycles. The van der Waals surface area contributed by atoms with Crippen LogP contribution in [-0.4, -0.2) is 46.6 Å². The van der Waals surface area contributed by atoms with Gasteiger partial charge in [-0.1, -0.05) is 42.5 Å². The molecule has 1 aromatic heterocycles. The molecule has 0 spiro atoms. The predicted octanol–water partition coefficient (Wildman–Crippen LogP) is 3.13. The number of hydrazine groups is 1. The smallest absolute Gasteiger partial charge is 0.326 e. The molecule has 0 bridgehead atoms. The zero-order valence-corrected chi connectivity index (χ0v) is 21.0. The monoisotopic (exact) mass is 513 g/mol. The number of imidazole rings is 1. The molecule has 2 aliphatic rings. The van der Waals surface area contributed by atoms with Crippen molar-refractivity contribution in [3.8, 4) is 11.5 Å². The Morgan fingerprint density at radius 2 is 1.68 bits per heavy atom. The molecule has 3 heterocycles. The van der Waals surface area contributed by atoms with Crippen molar-refractivity contribution in [2.24, 2.45) is 16.8 Å². The number of ether oxygens (including phenoxy) is 2. The molecule has 10 nitrogen and oxygen atoms in total. The topological polar surface area (TPSA) is 127 Å². The first-order chi connectivity index (χ1) is 18.6. The van der Waals surface area contributed by atoms with E-state index < -0.39 is 0 Å². The van der Waals surface area contributed by atoms with E-state index in [4.69, 9.17) is 21.2 Å². The van der Waals surface area contributed by atoms with E-state index in [-0.39, 0.29) is 17.8 Å². The van der Waals surface area contributed by atoms with Crippen LogP contribution in [-0.2, 0) is 0 Å². The highest BCUT2D eigenvalue weighted by Crippen LogP contribution is 2.36. The second kappa shape index (κ2) is 10.2. The van der Waals surface area contributed by atoms with Gasteiger partial charge in [0.2, 0.25) is 0 Å². The molecule has 2 aliphatic heterocycles. The molecular formula is C28H31N7O3. The molecule has 0 saturated carbocycles. The zero-order valence-electron chi connectivity index (χ0n) is 21.0. The number of aromatic nitrogens is 2. The molecule has 3 aromatic carbocycles. The second-order valence-corrected chi connectivity index (χ2v) is 9.58. The Balaban J connectivity index is 1.28. The van der Waals surface area contributed by atoms with Crippen LogP contribution in [0, 0.1) is 0 Å². The number of piperidine rings is 1. The van der Waals surface area contributed by atoms with Gasteiger partial charge in [-0.3, -0.25) is 14.5 Å². The lowest BCUT2D eigenvalue weighted by Crippen LogP contribution is -2.49. The van der Waals surface area contributed by atoms with Crippen molar-refractivity contribution < 1.29 is 9.47 Å². The van der Waals surface area contributed by atoms with Crippen molar-refractivity contribution in [2.45, 2.75) is 24.9 Å². The molecule has 38 heavy (non-hydrogen) atoms. The summed E-state index contributed by atoms with van der Waals surface area (Å²) >= 11 is 0. The van der Waals surface area contributed by atoms with Crippen molar-refractivity contribution >= 4 is 22.6 Å². The Morgan fingerprint density at radius 1 is 0.974 bits per heavy atom. The number of nitrogens with zero attached hydrogens (tertiary/aromatic N) is 4. The molecular weight excluding hydrogens is 482 g/mol. The lowest BCUT2D eigenvalue weighted by molar-refractivity contribution is 0.164. The van der Waals surface area contributed by atoms with E-state index in [2.05, 4.69) is 27.1 Å². The van der Waals surface area contributed by atoms with E-state index in [0.717, 1.165) is 42.5 Å². The van der Waals surface area contributed by atoms with E-state index in [1.165, 1.54) is 5.01 Å². The van der Waals surface area contributed by atoms with Crippen LogP contribution in [0.25, 0.3) is 11.0 Å². The van der Waals surface area contributed by atoms with Gasteiger partial charge in [-0.05, 0) is 42.7 Å². The van der Waals surface area contributed by atoms with Crippen LogP contribution in [0.15, 0.2) is 82.7 Å². The predicted molar refractivity (Wildman–Crippen MR) is 147 cm³/mol. The van der Waals surface area contributed by atoms with E-state index in [0.29, 0.717) is 36.2 Å². The number of nitrogens with two attached hydrogens (primary N) is 2. The fourth-order valence-corrected chi connectivity index (χ4v) is 5.58. The van der Waals surface area contributed by atoms with E-state index in [1.807, 2.05) is 65.2 Å². The van der Waals surface area contributed by atoms with Crippen molar-refractivity contribution in [1.82, 2.24) is 14.5 Å². The molecule has 1 saturated heterocycles. The highest BCUT2D eigenvalue weighted by molar-refractivity contribution is 6.01. The van der Waals surface area contributed by atoms with Crippen LogP contribution < -0.4 is 31.9 Å². The number of amidine groups is 1. The second-order valence-electron chi connectivity index (χ2n) is 9.58. The fourth-order valence-electron chi connectivity index (χ4n) is 5.58. The van der Waals surface area contributed by atoms with Gasteiger partial charge in [0.25, 0.3) is 0 Å². The molecule has 1 fully saturated rings. The van der Waals surface area contributed by atoms with Gasteiger partial charge in [0, 0.05) is 25.2 Å². The number of likely N-dealkylation sites (tertiary alicyclic amines) is 1. The molecule has 1 atom stereocenters. The van der Waals surface area contributed by atoms with Gasteiger partial charge in [-0.25, -0.2) is 10.6 Å². The largest absolute Gasteiger partial charge is 0.486 e. The number of aromatic amines is 1. The normalized spacial score (nSPS) is 17.4. The van der Waals surface area contributed by atoms with Crippen molar-refractivity contribution in [3.63, 3.8) is 0 Å². The van der Waals surface area contributed by atoms with Crippen LogP contribution >= 0.6 is 0 Å². The lowest BCUT2D eigenvalue weighted by atomic mass is 9.97. The number of fused-ring (bicyclic) bond motifs is 2. The lowest BCUT2D eigenvalue weighted by Gasteiger charge is -2.40. The number of para-hydroxylation sites is 2. The number of rotatable bonds is 5. The highest BCUT2D eigenvalue weighted by Gasteiger charge is 2.34. The maximum atomic E-state index is 12.8. The number of hydrogen-bond acceptors (Lipinski definition) is 7. The molecule has 10 heteroatoms. The fraction of sp³-hybridized carbons (Fsp3) is 0.286. The third kappa shape index (κ3) is 4.37. The van der Waals surface area contributed by atoms with E-state index in [9.17, 15) is 4.79 Å². The van der Waals surface area contributed by atoms with Crippen LogP contribution in [0.2, 0.25) is 0 Å². The maximum absolute atomic E-state index is 12.8. The molecule has 4 aromatic rings. The van der Waals surface area contributed by atoms with Crippen LogP contribution in [0.5, 0.6) is 11.5 Å². The average Bonchev–Trinajstić information content (AvgIpc) is 3.31. The Kier molecular flexibility index (Phi) is 6.48. The van der Waals surface area contributed by atoms with Gasteiger partial charge < -0.3 is 20.3 Å². The van der Waals surface area contributed by atoms with Gasteiger partial charge >= 0.3 is 5.69 Å². The summed E-state index contributed by atoms with van der Waals surface area (Å²) in [5.41, 5.74) is 3.46. The Morgan fingerprint density at radius 3 is 2.45 bits per heavy atom. The first kappa shape index (κ1) is 24.1. The minimum atomic E-state index is -0.278. The van der Waals surface area contributed by atoms with E-state index in [1.54, 1.807) is 0 Å². The SMILES string of the molecule is N/N=C(/C(c1ccccc1)N1CCC(n2c(=O)[nH]c3ccccc32)CC1)N(N)c1ccc2c(c1)OCCO2. The zero-order chi connectivity index (χ0) is 26.1. The summed E-state index contributed by atoms with van der Waals surface area (Å²) in [4.78, 5) is 18.1. The first-order valence-electron chi connectivity index (χ1n) is 12.8. The summed E-state index contributed by atoms with van der Waals surface area (Å²) in [6.45, 7) is 2.49. The Bertz CT molecular complexity index is 1510. The number of anilines is 1. The van der Waals surface area contributed by atoms with Gasteiger partial charge in [-0.2, -0.15) is 5.10 Å². The molecule has 6 rings (SSSR count). The third-order valence-corrected chi connectivity index (χ3v) is 7.40. The number of hydrogen-bond donors (Lipinski definition) is 3. The van der Waals surface area contributed by atoms with Gasteiger partial charge in [0.15, 0.2) is 17.3 Å². The standard InChI is InChI=1S/C28H31N7O3/c29-32-27(35(30)21-10-11-24-25(18-21)38-17-16-37-24)26(19-6-2-1-3-7-19)33-14-12-20(13-15-33)34-23-9-5-4-8-22(23)31-28(34)36/h1-11,18,20,26H,12-17,29-30H2,(H,31,36)/b32-27-. The number of nitrogens with one attached hydrogen (secondary N) is 1. The Labute approximate surface area is 220 Å². The minimum absolute atomic E-state index is 0.0692. The average molecular weight is 514 g/mol. The minimum Gasteiger partial charge on any atom is -0.486 e. The maximum Gasteiger partial charge on any atom is 0.326 e. The van der Waals surface area contributed by atoms with Crippen molar-refractivity contribution in [1.29, 1.82) is 0 Å². The summed E-state index contributed by atoms with van der Waals surface area (Å²) in [6.07, 6.45) is 1.61. The van der Waals surface area contributed by atoms with Crippen LogP contribution in [0.1, 0.15) is 30.5 Å². The van der Waals surface area contributed by atoms with E-state index >= 15 is 0 Å². The third-order valence-electron chi connectivity index (χ3n) is 7.40. The van der Waals surface area contributed by atoms with Crippen LogP contribution in [0.4, 0.5) is 5.69 Å². The quantitative estimate of drug-likeness (QED) is 0.162. The van der Waals surface area contributed by atoms with Crippen LogP contribution in [0.3, 0.4) is 0 Å². The first-order valence-corrected chi connectivity index (χ1v) is 12.8. The molecule has 0 amide bonds. The molecule has 0 radical (unpaired) electrons. The number of benzene rings is 3. The molecule has 196 valence electrons. The number of hydrazone groups is 1. The summed E-state index contributed by atoms with van der Waals surface area (Å²) in [5, 5.41) is 5.72. The summed E-state index contributed by atoms with van der Waals surface area (Å²) in [5.74, 6) is 14.5. The van der Waals surface area contributed by atoms with Crippen molar-refractivity contribution in [3.05, 3.63) is 88.8 Å².